The molecule has 0 saturated heterocycles. The molecule has 1 aromatic rings. The van der Waals surface area contributed by atoms with Gasteiger partial charge in [0, 0.05) is 12.4 Å². The first kappa shape index (κ1) is 13.2. The van der Waals surface area contributed by atoms with Gasteiger partial charge in [-0.1, -0.05) is 26.7 Å². The summed E-state index contributed by atoms with van der Waals surface area (Å²) in [6, 6.07) is 0. The highest BCUT2D eigenvalue weighted by atomic mass is 14.8. The molecule has 0 saturated carbocycles. The Morgan fingerprint density at radius 1 is 1.14 bits per heavy atom. The molecule has 82 valence electrons. The number of hydrogen-bond donors (Lipinski definition) is 2. The predicted octanol–water partition coefficient (Wildman–Crippen LogP) is 2.59. The number of unbranched alkanes of at least 4 members (excludes halogenated alkanes) is 2. The van der Waals surface area contributed by atoms with Crippen LogP contribution in [0.15, 0.2) is 18.7 Å². The van der Waals surface area contributed by atoms with Gasteiger partial charge in [-0.05, 0) is 25.9 Å². The molecule has 0 aliphatic heterocycles. The van der Waals surface area contributed by atoms with Crippen LogP contribution in [-0.2, 0) is 0 Å². The number of H-pyrrole nitrogens is 1. The van der Waals surface area contributed by atoms with Gasteiger partial charge in [-0.15, -0.1) is 0 Å². The zero-order valence-electron chi connectivity index (χ0n) is 9.42. The first-order valence-electron chi connectivity index (χ1n) is 5.55. The van der Waals surface area contributed by atoms with Crippen LogP contribution in [0.1, 0.15) is 39.5 Å². The van der Waals surface area contributed by atoms with E-state index >= 15 is 0 Å². The SMILES string of the molecule is CCCCNCCCC.c1c[nH]cn1. The maximum absolute atomic E-state index is 3.67. The van der Waals surface area contributed by atoms with Gasteiger partial charge in [-0.25, -0.2) is 4.98 Å². The van der Waals surface area contributed by atoms with E-state index in [2.05, 4.69) is 29.1 Å². The Morgan fingerprint density at radius 2 is 1.79 bits per heavy atom. The lowest BCUT2D eigenvalue weighted by Crippen LogP contribution is -2.15. The summed E-state index contributed by atoms with van der Waals surface area (Å²) in [5.41, 5.74) is 0. The molecule has 14 heavy (non-hydrogen) atoms. The maximum atomic E-state index is 3.67. The smallest absolute Gasteiger partial charge is 0.0919 e. The van der Waals surface area contributed by atoms with Gasteiger partial charge in [0.05, 0.1) is 6.33 Å². The molecule has 0 amide bonds. The summed E-state index contributed by atoms with van der Waals surface area (Å²) in [4.78, 5) is 6.42. The standard InChI is InChI=1S/C8H19N.C3H4N2/c1-3-5-7-9-8-6-4-2;1-2-5-3-4-1/h9H,3-8H2,1-2H3;1-3H,(H,4,5). The third kappa shape index (κ3) is 11.2. The number of imidazole rings is 1. The average molecular weight is 197 g/mol. The molecule has 0 bridgehead atoms. The Labute approximate surface area is 87.3 Å². The molecule has 0 aliphatic rings. The molecule has 0 radical (unpaired) electrons. The predicted molar refractivity (Wildman–Crippen MR) is 61.3 cm³/mol. The fraction of sp³-hybridized carbons (Fsp3) is 0.727. The van der Waals surface area contributed by atoms with Crippen molar-refractivity contribution in [3.63, 3.8) is 0 Å². The molecule has 0 unspecified atom stereocenters. The van der Waals surface area contributed by atoms with Crippen LogP contribution in [0, 0.1) is 0 Å². The number of hydrogen-bond acceptors (Lipinski definition) is 2. The summed E-state index contributed by atoms with van der Waals surface area (Å²) >= 11 is 0. The molecular formula is C11H23N3. The van der Waals surface area contributed by atoms with E-state index in [1.54, 1.807) is 18.7 Å². The molecule has 0 spiro atoms. The van der Waals surface area contributed by atoms with Gasteiger partial charge in [-0.3, -0.25) is 0 Å². The topological polar surface area (TPSA) is 40.7 Å². The number of aromatic nitrogens is 2. The van der Waals surface area contributed by atoms with E-state index in [4.69, 9.17) is 0 Å². The van der Waals surface area contributed by atoms with Crippen LogP contribution in [0.4, 0.5) is 0 Å². The normalized spacial score (nSPS) is 9.29. The van der Waals surface area contributed by atoms with E-state index in [0.717, 1.165) is 0 Å². The Morgan fingerprint density at radius 3 is 2.07 bits per heavy atom. The van der Waals surface area contributed by atoms with Crippen molar-refractivity contribution in [2.75, 3.05) is 13.1 Å². The van der Waals surface area contributed by atoms with Gasteiger partial charge in [-0.2, -0.15) is 0 Å². The summed E-state index contributed by atoms with van der Waals surface area (Å²) in [5.74, 6) is 0. The minimum atomic E-state index is 1.20. The van der Waals surface area contributed by atoms with Gasteiger partial charge in [0.15, 0.2) is 0 Å². The minimum Gasteiger partial charge on any atom is -0.351 e. The second kappa shape index (κ2) is 12.2. The average Bonchev–Trinajstić information content (AvgIpc) is 2.76. The molecule has 3 heteroatoms. The number of rotatable bonds is 6. The molecular weight excluding hydrogens is 174 g/mol. The van der Waals surface area contributed by atoms with Gasteiger partial charge in [0.25, 0.3) is 0 Å². The number of aromatic amines is 1. The Balaban J connectivity index is 0.000000280. The van der Waals surface area contributed by atoms with Crippen LogP contribution >= 0.6 is 0 Å². The van der Waals surface area contributed by atoms with Crippen LogP contribution in [0.5, 0.6) is 0 Å². The molecule has 3 nitrogen and oxygen atoms in total. The molecule has 1 rings (SSSR count). The van der Waals surface area contributed by atoms with Gasteiger partial charge >= 0.3 is 0 Å². The highest BCUT2D eigenvalue weighted by Gasteiger charge is 1.83. The summed E-state index contributed by atoms with van der Waals surface area (Å²) in [7, 11) is 0. The van der Waals surface area contributed by atoms with Crippen molar-refractivity contribution in [3.8, 4) is 0 Å². The van der Waals surface area contributed by atoms with Gasteiger partial charge in [0.1, 0.15) is 0 Å². The van der Waals surface area contributed by atoms with E-state index in [-0.39, 0.29) is 0 Å². The van der Waals surface area contributed by atoms with E-state index in [9.17, 15) is 0 Å². The Kier molecular flexibility index (Phi) is 11.4. The largest absolute Gasteiger partial charge is 0.351 e. The van der Waals surface area contributed by atoms with Crippen LogP contribution in [-0.4, -0.2) is 23.1 Å². The molecule has 0 atom stereocenters. The second-order valence-corrected chi connectivity index (χ2v) is 3.22. The highest BCUT2D eigenvalue weighted by Crippen LogP contribution is 1.85. The van der Waals surface area contributed by atoms with Crippen molar-refractivity contribution in [3.05, 3.63) is 18.7 Å². The van der Waals surface area contributed by atoms with E-state index in [0.29, 0.717) is 0 Å². The molecule has 0 fully saturated rings. The van der Waals surface area contributed by atoms with Crippen LogP contribution < -0.4 is 5.32 Å². The molecule has 0 aromatic carbocycles. The van der Waals surface area contributed by atoms with Crippen molar-refractivity contribution in [2.24, 2.45) is 0 Å². The Hall–Kier alpha value is -0.830. The molecule has 1 heterocycles. The fourth-order valence-electron chi connectivity index (χ4n) is 0.944. The first-order chi connectivity index (χ1) is 6.91. The summed E-state index contributed by atoms with van der Waals surface area (Å²) in [6.07, 6.45) is 10.3. The number of nitrogens with zero attached hydrogens (tertiary/aromatic N) is 1. The zero-order chi connectivity index (χ0) is 10.5. The van der Waals surface area contributed by atoms with Gasteiger partial charge in [0.2, 0.25) is 0 Å². The molecule has 1 aromatic heterocycles. The monoisotopic (exact) mass is 197 g/mol. The van der Waals surface area contributed by atoms with Crippen molar-refractivity contribution >= 4 is 0 Å². The van der Waals surface area contributed by atoms with Gasteiger partial charge < -0.3 is 10.3 Å². The minimum absolute atomic E-state index is 1.20. The highest BCUT2D eigenvalue weighted by molar-refractivity contribution is 4.64. The quantitative estimate of drug-likeness (QED) is 0.688. The second-order valence-electron chi connectivity index (χ2n) is 3.22. The lowest BCUT2D eigenvalue weighted by atomic mass is 10.3. The third-order valence-corrected chi connectivity index (χ3v) is 1.82. The summed E-state index contributed by atoms with van der Waals surface area (Å²) in [5, 5.41) is 3.39. The molecule has 2 N–H and O–H groups in total. The lowest BCUT2D eigenvalue weighted by molar-refractivity contribution is 0.611. The number of nitrogens with one attached hydrogen (secondary N) is 2. The van der Waals surface area contributed by atoms with Crippen LogP contribution in [0.2, 0.25) is 0 Å². The van der Waals surface area contributed by atoms with Crippen molar-refractivity contribution < 1.29 is 0 Å². The van der Waals surface area contributed by atoms with E-state index in [1.807, 2.05) is 0 Å². The van der Waals surface area contributed by atoms with Crippen LogP contribution in [0.3, 0.4) is 0 Å². The third-order valence-electron chi connectivity index (χ3n) is 1.82. The van der Waals surface area contributed by atoms with E-state index < -0.39 is 0 Å². The Bertz CT molecular complexity index is 138. The fourth-order valence-corrected chi connectivity index (χ4v) is 0.944. The van der Waals surface area contributed by atoms with E-state index in [1.165, 1.54) is 38.8 Å². The zero-order valence-corrected chi connectivity index (χ0v) is 9.42. The molecule has 0 aliphatic carbocycles. The summed E-state index contributed by atoms with van der Waals surface area (Å²) < 4.78 is 0. The van der Waals surface area contributed by atoms with Crippen molar-refractivity contribution in [2.45, 2.75) is 39.5 Å². The van der Waals surface area contributed by atoms with Crippen molar-refractivity contribution in [1.82, 2.24) is 15.3 Å². The van der Waals surface area contributed by atoms with Crippen LogP contribution in [0.25, 0.3) is 0 Å². The first-order valence-corrected chi connectivity index (χ1v) is 5.55. The van der Waals surface area contributed by atoms with Crippen molar-refractivity contribution in [1.29, 1.82) is 0 Å². The maximum Gasteiger partial charge on any atom is 0.0919 e. The summed E-state index contributed by atoms with van der Waals surface area (Å²) in [6.45, 7) is 6.86. The lowest BCUT2D eigenvalue weighted by Gasteiger charge is -1.99.